The SMILES string of the molecule is Cl.FC(F)C[C@H](c1cccc(OCc2ccccc2)c1)N1CCNCC1. The first-order valence-electron chi connectivity index (χ1n) is 8.72. The van der Waals surface area contributed by atoms with Gasteiger partial charge in [0.05, 0.1) is 0 Å². The summed E-state index contributed by atoms with van der Waals surface area (Å²) < 4.78 is 32.1. The minimum atomic E-state index is -2.33. The molecule has 0 spiro atoms. The van der Waals surface area contributed by atoms with Crippen molar-refractivity contribution in [1.82, 2.24) is 10.2 Å². The average Bonchev–Trinajstić information content (AvgIpc) is 2.66. The van der Waals surface area contributed by atoms with Gasteiger partial charge in [0.25, 0.3) is 0 Å². The van der Waals surface area contributed by atoms with Crippen LogP contribution in [-0.4, -0.2) is 37.5 Å². The van der Waals surface area contributed by atoms with Crippen LogP contribution in [0.3, 0.4) is 0 Å². The van der Waals surface area contributed by atoms with Crippen molar-refractivity contribution in [3.05, 3.63) is 65.7 Å². The Morgan fingerprint density at radius 3 is 2.42 bits per heavy atom. The monoisotopic (exact) mass is 382 g/mol. The minimum absolute atomic E-state index is 0. The van der Waals surface area contributed by atoms with Gasteiger partial charge in [0, 0.05) is 38.6 Å². The van der Waals surface area contributed by atoms with Crippen molar-refractivity contribution in [3.63, 3.8) is 0 Å². The van der Waals surface area contributed by atoms with E-state index in [4.69, 9.17) is 4.74 Å². The first-order valence-corrected chi connectivity index (χ1v) is 8.72. The largest absolute Gasteiger partial charge is 0.489 e. The lowest BCUT2D eigenvalue weighted by Crippen LogP contribution is -2.45. The first kappa shape index (κ1) is 20.6. The summed E-state index contributed by atoms with van der Waals surface area (Å²) in [5, 5.41) is 3.27. The van der Waals surface area contributed by atoms with E-state index in [0.717, 1.165) is 43.1 Å². The van der Waals surface area contributed by atoms with E-state index in [2.05, 4.69) is 10.2 Å². The van der Waals surface area contributed by atoms with Gasteiger partial charge in [-0.05, 0) is 23.3 Å². The van der Waals surface area contributed by atoms with Crippen molar-refractivity contribution in [2.24, 2.45) is 0 Å². The highest BCUT2D eigenvalue weighted by Crippen LogP contribution is 2.30. The highest BCUT2D eigenvalue weighted by Gasteiger charge is 2.25. The van der Waals surface area contributed by atoms with E-state index in [1.54, 1.807) is 0 Å². The van der Waals surface area contributed by atoms with Gasteiger partial charge in [-0.2, -0.15) is 0 Å². The van der Waals surface area contributed by atoms with Crippen LogP contribution in [0.1, 0.15) is 23.6 Å². The summed E-state index contributed by atoms with van der Waals surface area (Å²) >= 11 is 0. The van der Waals surface area contributed by atoms with Gasteiger partial charge in [-0.1, -0.05) is 42.5 Å². The fourth-order valence-corrected chi connectivity index (χ4v) is 3.21. The summed E-state index contributed by atoms with van der Waals surface area (Å²) in [4.78, 5) is 2.14. The van der Waals surface area contributed by atoms with E-state index in [1.807, 2.05) is 54.6 Å². The second-order valence-corrected chi connectivity index (χ2v) is 6.28. The number of halogens is 3. The van der Waals surface area contributed by atoms with Gasteiger partial charge in [-0.3, -0.25) is 4.90 Å². The van der Waals surface area contributed by atoms with E-state index in [-0.39, 0.29) is 24.9 Å². The fraction of sp³-hybridized carbons (Fsp3) is 0.400. The minimum Gasteiger partial charge on any atom is -0.489 e. The van der Waals surface area contributed by atoms with Crippen LogP contribution in [-0.2, 0) is 6.61 Å². The third-order valence-corrected chi connectivity index (χ3v) is 4.48. The van der Waals surface area contributed by atoms with Gasteiger partial charge < -0.3 is 10.1 Å². The topological polar surface area (TPSA) is 24.5 Å². The van der Waals surface area contributed by atoms with Crippen molar-refractivity contribution in [3.8, 4) is 5.75 Å². The van der Waals surface area contributed by atoms with Crippen LogP contribution in [0.2, 0.25) is 0 Å². The summed E-state index contributed by atoms with van der Waals surface area (Å²) in [5.41, 5.74) is 1.98. The van der Waals surface area contributed by atoms with Crippen LogP contribution in [0, 0.1) is 0 Å². The number of ether oxygens (including phenoxy) is 1. The highest BCUT2D eigenvalue weighted by molar-refractivity contribution is 5.85. The molecule has 0 aliphatic carbocycles. The molecule has 2 aromatic carbocycles. The number of hydrogen-bond acceptors (Lipinski definition) is 3. The maximum absolute atomic E-state index is 13.1. The number of nitrogens with zero attached hydrogens (tertiary/aromatic N) is 1. The maximum Gasteiger partial charge on any atom is 0.240 e. The maximum atomic E-state index is 13.1. The Kier molecular flexibility index (Phi) is 8.29. The molecule has 0 bridgehead atoms. The molecular weight excluding hydrogens is 358 g/mol. The van der Waals surface area contributed by atoms with Gasteiger partial charge in [-0.25, -0.2) is 8.78 Å². The zero-order chi connectivity index (χ0) is 17.5. The molecule has 1 saturated heterocycles. The molecule has 1 aliphatic rings. The zero-order valence-electron chi connectivity index (χ0n) is 14.6. The second kappa shape index (κ2) is 10.5. The molecule has 3 rings (SSSR count). The van der Waals surface area contributed by atoms with E-state index in [9.17, 15) is 8.78 Å². The normalized spacial score (nSPS) is 16.1. The molecule has 6 heteroatoms. The molecule has 2 aromatic rings. The Balaban J connectivity index is 0.00000243. The molecule has 1 aliphatic heterocycles. The summed E-state index contributed by atoms with van der Waals surface area (Å²) in [5.74, 6) is 0.718. The molecular formula is C20H25ClF2N2O. The molecule has 0 saturated carbocycles. The molecule has 1 N–H and O–H groups in total. The Hall–Kier alpha value is -1.69. The Labute approximate surface area is 159 Å². The number of hydrogen-bond donors (Lipinski definition) is 1. The second-order valence-electron chi connectivity index (χ2n) is 6.28. The summed E-state index contributed by atoms with van der Waals surface area (Å²) in [7, 11) is 0. The van der Waals surface area contributed by atoms with Gasteiger partial charge >= 0.3 is 0 Å². The molecule has 142 valence electrons. The van der Waals surface area contributed by atoms with Gasteiger partial charge in [-0.15, -0.1) is 12.4 Å². The van der Waals surface area contributed by atoms with Crippen molar-refractivity contribution in [2.75, 3.05) is 26.2 Å². The summed E-state index contributed by atoms with van der Waals surface area (Å²) in [6.45, 7) is 3.71. The molecule has 0 aromatic heterocycles. The number of piperazine rings is 1. The Morgan fingerprint density at radius 2 is 1.73 bits per heavy atom. The number of alkyl halides is 2. The smallest absolute Gasteiger partial charge is 0.240 e. The van der Waals surface area contributed by atoms with Gasteiger partial charge in [0.1, 0.15) is 12.4 Å². The molecule has 0 amide bonds. The predicted molar refractivity (Wildman–Crippen MR) is 102 cm³/mol. The first-order chi connectivity index (χ1) is 12.2. The number of nitrogens with one attached hydrogen (secondary N) is 1. The van der Waals surface area contributed by atoms with E-state index < -0.39 is 6.43 Å². The number of rotatable bonds is 7. The Bertz CT molecular complexity index is 651. The Morgan fingerprint density at radius 1 is 1.00 bits per heavy atom. The molecule has 26 heavy (non-hydrogen) atoms. The van der Waals surface area contributed by atoms with Crippen LogP contribution in [0.5, 0.6) is 5.75 Å². The van der Waals surface area contributed by atoms with Crippen LogP contribution in [0.4, 0.5) is 8.78 Å². The standard InChI is InChI=1S/C20H24F2N2O.ClH/c21-20(22)14-19(24-11-9-23-10-12-24)17-7-4-8-18(13-17)25-15-16-5-2-1-3-6-16;/h1-8,13,19-20,23H,9-12,14-15H2;1H/t19-;/m1./s1. The van der Waals surface area contributed by atoms with Crippen molar-refractivity contribution < 1.29 is 13.5 Å². The molecule has 0 unspecified atom stereocenters. The van der Waals surface area contributed by atoms with Gasteiger partial charge in [0.15, 0.2) is 0 Å². The van der Waals surface area contributed by atoms with Crippen molar-refractivity contribution in [2.45, 2.75) is 25.5 Å². The lowest BCUT2D eigenvalue weighted by atomic mass is 10.0. The third kappa shape index (κ3) is 5.94. The van der Waals surface area contributed by atoms with Gasteiger partial charge in [0.2, 0.25) is 6.43 Å². The van der Waals surface area contributed by atoms with Crippen LogP contribution < -0.4 is 10.1 Å². The lowest BCUT2D eigenvalue weighted by Gasteiger charge is -2.35. The third-order valence-electron chi connectivity index (χ3n) is 4.48. The van der Waals surface area contributed by atoms with Crippen LogP contribution in [0.25, 0.3) is 0 Å². The van der Waals surface area contributed by atoms with Crippen molar-refractivity contribution >= 4 is 12.4 Å². The molecule has 0 radical (unpaired) electrons. The lowest BCUT2D eigenvalue weighted by molar-refractivity contribution is 0.0738. The van der Waals surface area contributed by atoms with Crippen LogP contribution >= 0.6 is 12.4 Å². The van der Waals surface area contributed by atoms with E-state index in [1.165, 1.54) is 0 Å². The van der Waals surface area contributed by atoms with E-state index >= 15 is 0 Å². The summed E-state index contributed by atoms with van der Waals surface area (Å²) in [6.07, 6.45) is -2.48. The van der Waals surface area contributed by atoms with Crippen LogP contribution in [0.15, 0.2) is 54.6 Å². The molecule has 3 nitrogen and oxygen atoms in total. The van der Waals surface area contributed by atoms with E-state index in [0.29, 0.717) is 6.61 Å². The molecule has 1 atom stereocenters. The summed E-state index contributed by atoms with van der Waals surface area (Å²) in [6, 6.07) is 17.2. The average molecular weight is 383 g/mol. The highest BCUT2D eigenvalue weighted by atomic mass is 35.5. The number of benzene rings is 2. The predicted octanol–water partition coefficient (Wildman–Crippen LogP) is 4.29. The fourth-order valence-electron chi connectivity index (χ4n) is 3.21. The molecule has 1 heterocycles. The zero-order valence-corrected chi connectivity index (χ0v) is 15.4. The quantitative estimate of drug-likeness (QED) is 0.773. The van der Waals surface area contributed by atoms with Crippen molar-refractivity contribution in [1.29, 1.82) is 0 Å². The molecule has 1 fully saturated rings.